The predicted molar refractivity (Wildman–Crippen MR) is 118 cm³/mol. The monoisotopic (exact) mass is 429 g/mol. The molecule has 1 amide bonds. The van der Waals surface area contributed by atoms with E-state index in [1.165, 1.54) is 19.2 Å². The summed E-state index contributed by atoms with van der Waals surface area (Å²) in [7, 11) is 1.31. The zero-order valence-electron chi connectivity index (χ0n) is 17.3. The molecule has 1 heterocycles. The van der Waals surface area contributed by atoms with Crippen LogP contribution in [0.5, 0.6) is 0 Å². The Morgan fingerprint density at radius 2 is 1.69 bits per heavy atom. The van der Waals surface area contributed by atoms with Gasteiger partial charge in [-0.15, -0.1) is 0 Å². The number of nitrogens with one attached hydrogen (secondary N) is 2. The number of H-pyrrole nitrogens is 1. The highest BCUT2D eigenvalue weighted by Gasteiger charge is 2.10. The summed E-state index contributed by atoms with van der Waals surface area (Å²) in [6, 6.07) is 20.1. The molecule has 0 spiro atoms. The lowest BCUT2D eigenvalue weighted by atomic mass is 10.1. The van der Waals surface area contributed by atoms with Gasteiger partial charge in [0, 0.05) is 17.7 Å². The maximum atomic E-state index is 13.1. The molecule has 2 N–H and O–H groups in total. The molecular weight excluding hydrogens is 409 g/mol. The predicted octanol–water partition coefficient (Wildman–Crippen LogP) is 4.60. The van der Waals surface area contributed by atoms with E-state index >= 15 is 0 Å². The van der Waals surface area contributed by atoms with E-state index in [2.05, 4.69) is 20.0 Å². The third-order valence-corrected chi connectivity index (χ3v) is 4.95. The number of aromatic amines is 1. The van der Waals surface area contributed by atoms with E-state index in [0.29, 0.717) is 23.5 Å². The van der Waals surface area contributed by atoms with Crippen LogP contribution in [0.15, 0.2) is 79.0 Å². The number of imidazole rings is 1. The number of carbonyl (C=O) groups excluding carboxylic acids is 2. The Labute approximate surface area is 184 Å². The van der Waals surface area contributed by atoms with Crippen LogP contribution < -0.4 is 5.32 Å². The first kappa shape index (κ1) is 21.0. The summed E-state index contributed by atoms with van der Waals surface area (Å²) in [4.78, 5) is 31.6. The van der Waals surface area contributed by atoms with E-state index in [1.54, 1.807) is 42.6 Å². The van der Waals surface area contributed by atoms with Crippen molar-refractivity contribution < 1.29 is 18.7 Å². The summed E-state index contributed by atoms with van der Waals surface area (Å²) in [5, 5.41) is 2.87. The second-order valence-electron chi connectivity index (χ2n) is 7.10. The first-order valence-electron chi connectivity index (χ1n) is 9.90. The van der Waals surface area contributed by atoms with E-state index in [-0.39, 0.29) is 11.7 Å². The summed E-state index contributed by atoms with van der Waals surface area (Å²) in [5.74, 6) is -0.309. The van der Waals surface area contributed by atoms with E-state index in [4.69, 9.17) is 0 Å². The van der Waals surface area contributed by atoms with Crippen molar-refractivity contribution in [3.05, 3.63) is 102 Å². The summed E-state index contributed by atoms with van der Waals surface area (Å²) in [6.07, 6.45) is 1.70. The van der Waals surface area contributed by atoms with Gasteiger partial charge in [-0.1, -0.05) is 18.2 Å². The standard InChI is InChI=1S/C25H20FN3O3/c1-32-25(31)19-7-5-18(6-8-19)24(30)28-14-16-3-2-4-20(13-16)23-27-15-22(29-23)17-9-11-21(26)12-10-17/h2-13,15H,14H2,1H3,(H,27,29)(H,28,30). The second kappa shape index (κ2) is 9.26. The van der Waals surface area contributed by atoms with Gasteiger partial charge in [-0.2, -0.15) is 0 Å². The number of esters is 1. The molecule has 0 aliphatic heterocycles. The Morgan fingerprint density at radius 1 is 0.969 bits per heavy atom. The molecule has 4 aromatic rings. The van der Waals surface area contributed by atoms with Gasteiger partial charge in [0.1, 0.15) is 11.6 Å². The third-order valence-electron chi connectivity index (χ3n) is 4.95. The molecule has 6 nitrogen and oxygen atoms in total. The molecule has 0 saturated heterocycles. The highest BCUT2D eigenvalue weighted by Crippen LogP contribution is 2.23. The van der Waals surface area contributed by atoms with Gasteiger partial charge >= 0.3 is 5.97 Å². The van der Waals surface area contributed by atoms with Gasteiger partial charge in [0.2, 0.25) is 0 Å². The molecule has 0 saturated carbocycles. The number of aromatic nitrogens is 2. The first-order chi connectivity index (χ1) is 15.5. The smallest absolute Gasteiger partial charge is 0.337 e. The number of rotatable bonds is 6. The summed E-state index contributed by atoms with van der Waals surface area (Å²) in [6.45, 7) is 0.330. The molecule has 7 heteroatoms. The SMILES string of the molecule is COC(=O)c1ccc(C(=O)NCc2cccc(-c3ncc(-c4ccc(F)cc4)[nH]3)c2)cc1. The zero-order chi connectivity index (χ0) is 22.5. The van der Waals surface area contributed by atoms with Crippen molar-refractivity contribution in [2.75, 3.05) is 7.11 Å². The molecule has 0 aliphatic carbocycles. The average Bonchev–Trinajstić information content (AvgIpc) is 3.33. The maximum absolute atomic E-state index is 13.1. The van der Waals surface area contributed by atoms with Gasteiger partial charge in [0.25, 0.3) is 5.91 Å². The highest BCUT2D eigenvalue weighted by molar-refractivity contribution is 5.96. The Kier molecular flexibility index (Phi) is 6.07. The fraction of sp³-hybridized carbons (Fsp3) is 0.0800. The van der Waals surface area contributed by atoms with Crippen molar-refractivity contribution in [1.29, 1.82) is 0 Å². The Bertz CT molecular complexity index is 1250. The van der Waals surface area contributed by atoms with Gasteiger partial charge in [0.05, 0.1) is 24.6 Å². The maximum Gasteiger partial charge on any atom is 0.337 e. The van der Waals surface area contributed by atoms with Gasteiger partial charge in [-0.25, -0.2) is 14.2 Å². The van der Waals surface area contributed by atoms with E-state index in [1.807, 2.05) is 24.3 Å². The topological polar surface area (TPSA) is 84.1 Å². The third kappa shape index (κ3) is 4.73. The quantitative estimate of drug-likeness (QED) is 0.439. The molecule has 0 aliphatic rings. The zero-order valence-corrected chi connectivity index (χ0v) is 17.3. The summed E-state index contributed by atoms with van der Waals surface area (Å²) >= 11 is 0. The molecule has 0 atom stereocenters. The minimum Gasteiger partial charge on any atom is -0.465 e. The number of halogens is 1. The van der Waals surface area contributed by atoms with Gasteiger partial charge < -0.3 is 15.0 Å². The number of benzene rings is 3. The molecule has 0 bridgehead atoms. The number of amides is 1. The van der Waals surface area contributed by atoms with E-state index in [0.717, 1.165) is 22.4 Å². The molecule has 160 valence electrons. The summed E-state index contributed by atoms with van der Waals surface area (Å²) < 4.78 is 17.8. The Morgan fingerprint density at radius 3 is 2.41 bits per heavy atom. The van der Waals surface area contributed by atoms with Crippen LogP contribution in [0.1, 0.15) is 26.3 Å². The second-order valence-corrected chi connectivity index (χ2v) is 7.10. The largest absolute Gasteiger partial charge is 0.465 e. The minimum absolute atomic E-state index is 0.247. The Hall–Kier alpha value is -4.26. The molecule has 0 fully saturated rings. The number of carbonyl (C=O) groups is 2. The summed E-state index contributed by atoms with van der Waals surface area (Å²) in [5.41, 5.74) is 4.23. The number of hydrogen-bond acceptors (Lipinski definition) is 4. The van der Waals surface area contributed by atoms with Crippen molar-refractivity contribution in [2.45, 2.75) is 6.54 Å². The molecule has 3 aromatic carbocycles. The van der Waals surface area contributed by atoms with Crippen LogP contribution in [0.25, 0.3) is 22.6 Å². The van der Waals surface area contributed by atoms with Crippen LogP contribution in [-0.2, 0) is 11.3 Å². The first-order valence-corrected chi connectivity index (χ1v) is 9.90. The number of ether oxygens (including phenoxy) is 1. The Balaban J connectivity index is 1.43. The van der Waals surface area contributed by atoms with Crippen molar-refractivity contribution in [3.8, 4) is 22.6 Å². The fourth-order valence-corrected chi connectivity index (χ4v) is 3.23. The van der Waals surface area contributed by atoms with Crippen LogP contribution in [-0.4, -0.2) is 29.0 Å². The number of hydrogen-bond donors (Lipinski definition) is 2. The van der Waals surface area contributed by atoms with Crippen LogP contribution in [0.3, 0.4) is 0 Å². The number of nitrogens with zero attached hydrogens (tertiary/aromatic N) is 1. The lowest BCUT2D eigenvalue weighted by Crippen LogP contribution is -2.22. The molecule has 0 radical (unpaired) electrons. The molecule has 32 heavy (non-hydrogen) atoms. The lowest BCUT2D eigenvalue weighted by Gasteiger charge is -2.07. The number of methoxy groups -OCH3 is 1. The van der Waals surface area contributed by atoms with Crippen molar-refractivity contribution in [1.82, 2.24) is 15.3 Å². The normalized spacial score (nSPS) is 10.6. The molecule has 1 aromatic heterocycles. The van der Waals surface area contributed by atoms with Crippen LogP contribution in [0, 0.1) is 5.82 Å². The van der Waals surface area contributed by atoms with Gasteiger partial charge in [-0.05, 0) is 65.7 Å². The van der Waals surface area contributed by atoms with Crippen molar-refractivity contribution in [2.24, 2.45) is 0 Å². The molecule has 0 unspecified atom stereocenters. The van der Waals surface area contributed by atoms with Crippen molar-refractivity contribution in [3.63, 3.8) is 0 Å². The van der Waals surface area contributed by atoms with Gasteiger partial charge in [0.15, 0.2) is 0 Å². The molecule has 4 rings (SSSR count). The van der Waals surface area contributed by atoms with Crippen LogP contribution in [0.2, 0.25) is 0 Å². The van der Waals surface area contributed by atoms with Crippen molar-refractivity contribution >= 4 is 11.9 Å². The van der Waals surface area contributed by atoms with E-state index < -0.39 is 5.97 Å². The van der Waals surface area contributed by atoms with E-state index in [9.17, 15) is 14.0 Å². The van der Waals surface area contributed by atoms with Gasteiger partial charge in [-0.3, -0.25) is 4.79 Å². The van der Waals surface area contributed by atoms with Crippen LogP contribution in [0.4, 0.5) is 4.39 Å². The average molecular weight is 429 g/mol. The molecular formula is C25H20FN3O3. The van der Waals surface area contributed by atoms with Crippen LogP contribution >= 0.6 is 0 Å². The highest BCUT2D eigenvalue weighted by atomic mass is 19.1. The fourth-order valence-electron chi connectivity index (χ4n) is 3.23. The minimum atomic E-state index is -0.450. The lowest BCUT2D eigenvalue weighted by molar-refractivity contribution is 0.0600.